The summed E-state index contributed by atoms with van der Waals surface area (Å²) in [5, 5.41) is 18.4. The van der Waals surface area contributed by atoms with Crippen LogP contribution >= 0.6 is 11.6 Å². The lowest BCUT2D eigenvalue weighted by Crippen LogP contribution is -2.29. The van der Waals surface area contributed by atoms with Crippen LogP contribution in [0.15, 0.2) is 18.2 Å². The Morgan fingerprint density at radius 2 is 1.81 bits per heavy atom. The van der Waals surface area contributed by atoms with Crippen molar-refractivity contribution in [3.8, 4) is 0 Å². The van der Waals surface area contributed by atoms with Crippen LogP contribution in [-0.2, 0) is 6.54 Å². The molecule has 0 saturated heterocycles. The van der Waals surface area contributed by atoms with E-state index in [0.717, 1.165) is 11.3 Å². The largest absolute Gasteiger partial charge is 0.395 e. The van der Waals surface area contributed by atoms with Gasteiger partial charge in [-0.2, -0.15) is 0 Å². The van der Waals surface area contributed by atoms with Crippen molar-refractivity contribution in [3.05, 3.63) is 28.8 Å². The molecule has 1 rings (SSSR count). The summed E-state index contributed by atoms with van der Waals surface area (Å²) < 4.78 is 0. The second-order valence-electron chi connectivity index (χ2n) is 3.41. The van der Waals surface area contributed by atoms with E-state index >= 15 is 0 Å². The van der Waals surface area contributed by atoms with E-state index in [1.807, 2.05) is 17.0 Å². The molecule has 4 nitrogen and oxygen atoms in total. The van der Waals surface area contributed by atoms with Gasteiger partial charge in [0.05, 0.1) is 13.2 Å². The molecule has 0 saturated carbocycles. The van der Waals surface area contributed by atoms with Crippen LogP contribution in [0.4, 0.5) is 5.69 Å². The fourth-order valence-corrected chi connectivity index (χ4v) is 1.76. The molecule has 0 aliphatic carbocycles. The van der Waals surface area contributed by atoms with Gasteiger partial charge in [0.1, 0.15) is 0 Å². The lowest BCUT2D eigenvalue weighted by Gasteiger charge is -2.23. The Morgan fingerprint density at radius 3 is 2.25 bits per heavy atom. The van der Waals surface area contributed by atoms with Gasteiger partial charge in [-0.25, -0.2) is 0 Å². The first-order chi connectivity index (χ1) is 7.72. The van der Waals surface area contributed by atoms with Crippen molar-refractivity contribution in [2.24, 2.45) is 5.73 Å². The molecule has 0 heterocycles. The van der Waals surface area contributed by atoms with Crippen molar-refractivity contribution in [3.63, 3.8) is 0 Å². The normalized spacial score (nSPS) is 10.5. The van der Waals surface area contributed by atoms with Gasteiger partial charge >= 0.3 is 0 Å². The van der Waals surface area contributed by atoms with E-state index in [-0.39, 0.29) is 13.2 Å². The molecule has 90 valence electrons. The van der Waals surface area contributed by atoms with Crippen LogP contribution in [0.25, 0.3) is 0 Å². The Kier molecular flexibility index (Phi) is 5.55. The number of hydrogen-bond acceptors (Lipinski definition) is 4. The molecule has 0 aromatic heterocycles. The number of aliphatic hydroxyl groups is 2. The highest BCUT2D eigenvalue weighted by atomic mass is 35.5. The smallest absolute Gasteiger partial charge is 0.0606 e. The molecule has 0 unspecified atom stereocenters. The number of nitrogens with zero attached hydrogens (tertiary/aromatic N) is 1. The fourth-order valence-electron chi connectivity index (χ4n) is 1.51. The highest BCUT2D eigenvalue weighted by Crippen LogP contribution is 2.23. The highest BCUT2D eigenvalue weighted by Gasteiger charge is 2.07. The molecular formula is C11H17ClN2O2. The topological polar surface area (TPSA) is 69.7 Å². The third kappa shape index (κ3) is 3.35. The van der Waals surface area contributed by atoms with Crippen LogP contribution < -0.4 is 10.6 Å². The van der Waals surface area contributed by atoms with Crippen molar-refractivity contribution in [2.75, 3.05) is 31.2 Å². The fraction of sp³-hybridized carbons (Fsp3) is 0.455. The molecule has 1 aromatic rings. The summed E-state index contributed by atoms with van der Waals surface area (Å²) in [7, 11) is 0. The van der Waals surface area contributed by atoms with Gasteiger partial charge in [0.15, 0.2) is 0 Å². The maximum atomic E-state index is 8.92. The molecule has 4 N–H and O–H groups in total. The average molecular weight is 245 g/mol. The van der Waals surface area contributed by atoms with Gasteiger partial charge in [-0.05, 0) is 17.7 Å². The standard InChI is InChI=1S/C11H17ClN2O2/c12-11-7-10(2-1-9(11)8-13)14(3-5-15)4-6-16/h1-2,7,15-16H,3-6,8,13H2. The Labute approximate surface area is 100 Å². The predicted molar refractivity (Wildman–Crippen MR) is 65.7 cm³/mol. The van der Waals surface area contributed by atoms with Crippen molar-refractivity contribution in [2.45, 2.75) is 6.54 Å². The molecule has 5 heteroatoms. The minimum atomic E-state index is 0.0380. The van der Waals surface area contributed by atoms with Gasteiger partial charge in [0.25, 0.3) is 0 Å². The number of anilines is 1. The maximum Gasteiger partial charge on any atom is 0.0606 e. The van der Waals surface area contributed by atoms with Gasteiger partial charge in [-0.1, -0.05) is 17.7 Å². The summed E-state index contributed by atoms with van der Waals surface area (Å²) in [4.78, 5) is 1.87. The number of halogens is 1. The van der Waals surface area contributed by atoms with E-state index in [4.69, 9.17) is 27.5 Å². The molecular weight excluding hydrogens is 228 g/mol. The minimum absolute atomic E-state index is 0.0380. The molecule has 0 aliphatic rings. The summed E-state index contributed by atoms with van der Waals surface area (Å²) in [6.45, 7) is 1.42. The second kappa shape index (κ2) is 6.70. The van der Waals surface area contributed by atoms with Gasteiger partial charge in [-0.15, -0.1) is 0 Å². The lowest BCUT2D eigenvalue weighted by atomic mass is 10.2. The lowest BCUT2D eigenvalue weighted by molar-refractivity contribution is 0.281. The maximum absolute atomic E-state index is 8.92. The Balaban J connectivity index is 2.87. The van der Waals surface area contributed by atoms with Crippen molar-refractivity contribution in [1.29, 1.82) is 0 Å². The quantitative estimate of drug-likeness (QED) is 0.685. The predicted octanol–water partition coefficient (Wildman–Crippen LogP) is 0.590. The zero-order chi connectivity index (χ0) is 12.0. The van der Waals surface area contributed by atoms with Crippen LogP contribution in [0.5, 0.6) is 0 Å². The summed E-state index contributed by atoms with van der Waals surface area (Å²) in [5.41, 5.74) is 7.28. The van der Waals surface area contributed by atoms with Crippen LogP contribution in [0.2, 0.25) is 5.02 Å². The molecule has 0 spiro atoms. The molecule has 0 atom stereocenters. The molecule has 0 fully saturated rings. The van der Waals surface area contributed by atoms with E-state index in [2.05, 4.69) is 0 Å². The SMILES string of the molecule is NCc1ccc(N(CCO)CCO)cc1Cl. The molecule has 1 aromatic carbocycles. The van der Waals surface area contributed by atoms with E-state index in [0.29, 0.717) is 24.7 Å². The zero-order valence-electron chi connectivity index (χ0n) is 9.06. The van der Waals surface area contributed by atoms with Crippen molar-refractivity contribution >= 4 is 17.3 Å². The third-order valence-corrected chi connectivity index (χ3v) is 2.71. The summed E-state index contributed by atoms with van der Waals surface area (Å²) in [6.07, 6.45) is 0. The van der Waals surface area contributed by atoms with Gasteiger partial charge < -0.3 is 20.8 Å². The molecule has 16 heavy (non-hydrogen) atoms. The van der Waals surface area contributed by atoms with Crippen molar-refractivity contribution < 1.29 is 10.2 Å². The van der Waals surface area contributed by atoms with Crippen LogP contribution in [0.1, 0.15) is 5.56 Å². The van der Waals surface area contributed by atoms with Crippen LogP contribution in [-0.4, -0.2) is 36.5 Å². The third-order valence-electron chi connectivity index (χ3n) is 2.36. The Hall–Kier alpha value is -0.810. The van der Waals surface area contributed by atoms with Gasteiger partial charge in [-0.3, -0.25) is 0 Å². The summed E-state index contributed by atoms with van der Waals surface area (Å²) >= 11 is 6.04. The minimum Gasteiger partial charge on any atom is -0.395 e. The zero-order valence-corrected chi connectivity index (χ0v) is 9.82. The Bertz CT molecular complexity index is 328. The molecule has 0 radical (unpaired) electrons. The molecule has 0 amide bonds. The number of aliphatic hydroxyl groups excluding tert-OH is 2. The average Bonchev–Trinajstić information content (AvgIpc) is 2.28. The first-order valence-corrected chi connectivity index (χ1v) is 5.56. The van der Waals surface area contributed by atoms with Gasteiger partial charge in [0.2, 0.25) is 0 Å². The van der Waals surface area contributed by atoms with E-state index in [1.165, 1.54) is 0 Å². The Morgan fingerprint density at radius 1 is 1.19 bits per heavy atom. The second-order valence-corrected chi connectivity index (χ2v) is 3.82. The summed E-state index contributed by atoms with van der Waals surface area (Å²) in [6, 6.07) is 5.55. The summed E-state index contributed by atoms with van der Waals surface area (Å²) in [5.74, 6) is 0. The van der Waals surface area contributed by atoms with Crippen LogP contribution in [0, 0.1) is 0 Å². The molecule has 0 bridgehead atoms. The first kappa shape index (κ1) is 13.3. The van der Waals surface area contributed by atoms with E-state index in [9.17, 15) is 0 Å². The number of benzene rings is 1. The highest BCUT2D eigenvalue weighted by molar-refractivity contribution is 6.31. The number of rotatable bonds is 6. The van der Waals surface area contributed by atoms with E-state index in [1.54, 1.807) is 6.07 Å². The molecule has 0 aliphatic heterocycles. The van der Waals surface area contributed by atoms with E-state index < -0.39 is 0 Å². The van der Waals surface area contributed by atoms with Crippen LogP contribution in [0.3, 0.4) is 0 Å². The monoisotopic (exact) mass is 244 g/mol. The number of hydrogen-bond donors (Lipinski definition) is 3. The first-order valence-electron chi connectivity index (χ1n) is 5.18. The van der Waals surface area contributed by atoms with Gasteiger partial charge in [0, 0.05) is 30.3 Å². The number of nitrogens with two attached hydrogens (primary N) is 1. The van der Waals surface area contributed by atoms with Crippen molar-refractivity contribution in [1.82, 2.24) is 0 Å².